The SMILES string of the molecule is Cc1ccc(C2(c3ccc(C)cc3)c3ccccc3-c3ccc(N(c4ccc(-c5ccccc5)cc4)c4ccc(-c5ccc([Si](c6ccccc6)(c6ccccc6)c6ccccc6)cc5)cc4)cc32)cc1. The zero-order valence-corrected chi connectivity index (χ0v) is 41.1. The van der Waals surface area contributed by atoms with Crippen LogP contribution in [0.25, 0.3) is 33.4 Å². The molecule has 12 rings (SSSR count). The van der Waals surface area contributed by atoms with Crippen molar-refractivity contribution in [2.45, 2.75) is 19.3 Å². The average molecular weight is 924 g/mol. The van der Waals surface area contributed by atoms with Crippen LogP contribution in [0.15, 0.2) is 285 Å². The molecular weight excluding hydrogens is 871 g/mol. The minimum Gasteiger partial charge on any atom is -0.310 e. The molecule has 1 aliphatic rings. The molecule has 0 aliphatic heterocycles. The van der Waals surface area contributed by atoms with Gasteiger partial charge in [0.25, 0.3) is 0 Å². The van der Waals surface area contributed by atoms with Gasteiger partial charge in [0.2, 0.25) is 0 Å². The largest absolute Gasteiger partial charge is 0.310 e. The van der Waals surface area contributed by atoms with Crippen LogP contribution in [0.2, 0.25) is 0 Å². The van der Waals surface area contributed by atoms with Gasteiger partial charge in [-0.15, -0.1) is 0 Å². The molecule has 338 valence electrons. The van der Waals surface area contributed by atoms with Crippen molar-refractivity contribution >= 4 is 45.9 Å². The maximum Gasteiger partial charge on any atom is 0.179 e. The molecule has 0 bridgehead atoms. The van der Waals surface area contributed by atoms with Crippen LogP contribution in [0, 0.1) is 13.8 Å². The van der Waals surface area contributed by atoms with Crippen molar-refractivity contribution in [1.82, 2.24) is 0 Å². The highest BCUT2D eigenvalue weighted by Crippen LogP contribution is 2.57. The second kappa shape index (κ2) is 18.4. The van der Waals surface area contributed by atoms with E-state index in [1.165, 1.54) is 87.5 Å². The third kappa shape index (κ3) is 7.56. The lowest BCUT2D eigenvalue weighted by Gasteiger charge is -2.35. The molecule has 0 saturated carbocycles. The molecule has 2 heteroatoms. The smallest absolute Gasteiger partial charge is 0.179 e. The topological polar surface area (TPSA) is 3.24 Å². The summed E-state index contributed by atoms with van der Waals surface area (Å²) in [4.78, 5) is 2.43. The van der Waals surface area contributed by atoms with Gasteiger partial charge in [-0.2, -0.15) is 0 Å². The summed E-state index contributed by atoms with van der Waals surface area (Å²) < 4.78 is 0. The molecule has 1 aliphatic carbocycles. The number of nitrogens with zero attached hydrogens (tertiary/aromatic N) is 1. The summed E-state index contributed by atoms with van der Waals surface area (Å²) >= 11 is 0. The normalized spacial score (nSPS) is 12.5. The molecule has 11 aromatic rings. The lowest BCUT2D eigenvalue weighted by Crippen LogP contribution is -2.74. The molecule has 0 heterocycles. The first kappa shape index (κ1) is 43.7. The molecule has 0 N–H and O–H groups in total. The van der Waals surface area contributed by atoms with Gasteiger partial charge in [-0.3, -0.25) is 0 Å². The zero-order chi connectivity index (χ0) is 47.8. The summed E-state index contributed by atoms with van der Waals surface area (Å²) in [5.41, 5.74) is 17.7. The quantitative estimate of drug-likeness (QED) is 0.0923. The monoisotopic (exact) mass is 923 g/mol. The van der Waals surface area contributed by atoms with Crippen LogP contribution in [-0.4, -0.2) is 8.07 Å². The fraction of sp³-hybridized carbons (Fsp3) is 0.0435. The van der Waals surface area contributed by atoms with Crippen molar-refractivity contribution in [3.8, 4) is 33.4 Å². The Morgan fingerprint density at radius 3 is 1.10 bits per heavy atom. The first-order valence-corrected chi connectivity index (χ1v) is 26.7. The van der Waals surface area contributed by atoms with Gasteiger partial charge in [0.05, 0.1) is 5.41 Å². The molecule has 0 unspecified atom stereocenters. The van der Waals surface area contributed by atoms with Crippen LogP contribution in [0.4, 0.5) is 17.1 Å². The van der Waals surface area contributed by atoms with Gasteiger partial charge in [0.15, 0.2) is 8.07 Å². The summed E-state index contributed by atoms with van der Waals surface area (Å²) in [6, 6.07) is 106. The molecule has 0 saturated heterocycles. The van der Waals surface area contributed by atoms with Crippen LogP contribution in [0.1, 0.15) is 33.4 Å². The average Bonchev–Trinajstić information content (AvgIpc) is 3.74. The third-order valence-electron chi connectivity index (χ3n) is 14.9. The molecule has 0 amide bonds. The van der Waals surface area contributed by atoms with E-state index in [2.05, 4.69) is 304 Å². The lowest BCUT2D eigenvalue weighted by atomic mass is 9.67. The van der Waals surface area contributed by atoms with E-state index in [0.717, 1.165) is 17.1 Å². The predicted octanol–water partition coefficient (Wildman–Crippen LogP) is 14.8. The molecule has 0 atom stereocenters. The van der Waals surface area contributed by atoms with Gasteiger partial charge < -0.3 is 4.90 Å². The Labute approximate surface area is 419 Å². The number of aryl methyl sites for hydroxylation is 2. The van der Waals surface area contributed by atoms with Crippen LogP contribution >= 0.6 is 0 Å². The van der Waals surface area contributed by atoms with E-state index in [4.69, 9.17) is 0 Å². The van der Waals surface area contributed by atoms with Crippen molar-refractivity contribution in [3.63, 3.8) is 0 Å². The number of hydrogen-bond acceptors (Lipinski definition) is 1. The van der Waals surface area contributed by atoms with E-state index < -0.39 is 13.5 Å². The zero-order valence-electron chi connectivity index (χ0n) is 40.1. The fourth-order valence-corrected chi connectivity index (χ4v) is 16.2. The minimum absolute atomic E-state index is 0.524. The molecule has 11 aromatic carbocycles. The standard InChI is InChI=1S/C69H53NSi/c1-50-27-37-56(38-28-50)69(57-39-29-51(2)30-40-57)67-26-16-15-25-65(67)66-48-45-60(49-68(66)69)70(58-41-31-53(32-42-58)52-17-7-3-8-18-52)59-43-33-54(34-44-59)55-35-46-64(47-36-55)71(61-19-9-4-10-20-61,62-21-11-5-12-22-62)63-23-13-6-14-24-63/h3-49H,1-2H3. The number of rotatable bonds is 11. The molecular formula is C69H53NSi. The van der Waals surface area contributed by atoms with Crippen LogP contribution in [-0.2, 0) is 5.41 Å². The highest BCUT2D eigenvalue weighted by molar-refractivity contribution is 7.19. The van der Waals surface area contributed by atoms with Crippen LogP contribution < -0.4 is 25.6 Å². The Kier molecular flexibility index (Phi) is 11.3. The summed E-state index contributed by atoms with van der Waals surface area (Å²) in [5.74, 6) is 0. The highest BCUT2D eigenvalue weighted by atomic mass is 28.3. The second-order valence-electron chi connectivity index (χ2n) is 19.0. The molecule has 1 nitrogen and oxygen atoms in total. The van der Waals surface area contributed by atoms with Crippen molar-refractivity contribution in [2.24, 2.45) is 0 Å². The van der Waals surface area contributed by atoms with Crippen molar-refractivity contribution in [3.05, 3.63) is 318 Å². The summed E-state index contributed by atoms with van der Waals surface area (Å²) in [6.07, 6.45) is 0. The molecule has 0 spiro atoms. The van der Waals surface area contributed by atoms with Gasteiger partial charge in [-0.25, -0.2) is 0 Å². The van der Waals surface area contributed by atoms with Crippen molar-refractivity contribution in [1.29, 1.82) is 0 Å². The Hall–Kier alpha value is -8.56. The second-order valence-corrected chi connectivity index (χ2v) is 22.8. The van der Waals surface area contributed by atoms with Crippen LogP contribution in [0.5, 0.6) is 0 Å². The predicted molar refractivity (Wildman–Crippen MR) is 302 cm³/mol. The summed E-state index contributed by atoms with van der Waals surface area (Å²) in [7, 11) is -2.64. The third-order valence-corrected chi connectivity index (χ3v) is 19.7. The summed E-state index contributed by atoms with van der Waals surface area (Å²) in [6.45, 7) is 4.35. The van der Waals surface area contributed by atoms with E-state index in [0.29, 0.717) is 0 Å². The minimum atomic E-state index is -2.64. The number of anilines is 3. The Balaban J connectivity index is 0.988. The van der Waals surface area contributed by atoms with Gasteiger partial charge in [0.1, 0.15) is 0 Å². The van der Waals surface area contributed by atoms with E-state index in [9.17, 15) is 0 Å². The van der Waals surface area contributed by atoms with Crippen molar-refractivity contribution in [2.75, 3.05) is 4.90 Å². The maximum atomic E-state index is 2.47. The first-order valence-electron chi connectivity index (χ1n) is 24.7. The first-order chi connectivity index (χ1) is 35.0. The Morgan fingerprint density at radius 1 is 0.282 bits per heavy atom. The van der Waals surface area contributed by atoms with Gasteiger partial charge in [0, 0.05) is 17.1 Å². The molecule has 0 aromatic heterocycles. The number of fused-ring (bicyclic) bond motifs is 3. The highest BCUT2D eigenvalue weighted by Gasteiger charge is 2.46. The Morgan fingerprint density at radius 2 is 0.634 bits per heavy atom. The van der Waals surface area contributed by atoms with E-state index in [1.807, 2.05) is 0 Å². The molecule has 0 fully saturated rings. The fourth-order valence-electron chi connectivity index (χ4n) is 11.5. The molecule has 71 heavy (non-hydrogen) atoms. The van der Waals surface area contributed by atoms with Crippen LogP contribution in [0.3, 0.4) is 0 Å². The van der Waals surface area contributed by atoms with Crippen molar-refractivity contribution < 1.29 is 0 Å². The number of hydrogen-bond donors (Lipinski definition) is 0. The van der Waals surface area contributed by atoms with Gasteiger partial charge in [-0.05, 0) is 127 Å². The maximum absolute atomic E-state index is 2.64. The molecule has 0 radical (unpaired) electrons. The van der Waals surface area contributed by atoms with Gasteiger partial charge >= 0.3 is 0 Å². The van der Waals surface area contributed by atoms with Gasteiger partial charge in [-0.1, -0.05) is 260 Å². The Bertz CT molecular complexity index is 3450. The van der Waals surface area contributed by atoms with E-state index >= 15 is 0 Å². The summed E-state index contributed by atoms with van der Waals surface area (Å²) in [5, 5.41) is 5.48. The van der Waals surface area contributed by atoms with E-state index in [-0.39, 0.29) is 0 Å². The lowest BCUT2D eigenvalue weighted by molar-refractivity contribution is 0.767. The number of benzene rings is 11. The van der Waals surface area contributed by atoms with E-state index in [1.54, 1.807) is 0 Å².